The second-order valence-electron chi connectivity index (χ2n) is 7.93. The molecule has 3 N–H and O–H groups in total. The molecule has 0 saturated carbocycles. The number of rotatable bonds is 4. The molecule has 5 heteroatoms. The van der Waals surface area contributed by atoms with Crippen LogP contribution in [0.4, 0.5) is 0 Å². The zero-order valence-corrected chi connectivity index (χ0v) is 16.3. The van der Waals surface area contributed by atoms with Gasteiger partial charge in [-0.05, 0) is 41.7 Å². The Bertz CT molecular complexity index is 759. The van der Waals surface area contributed by atoms with Crippen LogP contribution in [0, 0.1) is 0 Å². The Morgan fingerprint density at radius 2 is 1.92 bits per heavy atom. The largest absolute Gasteiger partial charge is 0.331 e. The summed E-state index contributed by atoms with van der Waals surface area (Å²) in [5.74, 6) is 0.284. The smallest absolute Gasteiger partial charge is 0.316 e. The molecule has 1 amide bonds. The van der Waals surface area contributed by atoms with Gasteiger partial charge in [-0.1, -0.05) is 18.2 Å². The summed E-state index contributed by atoms with van der Waals surface area (Å²) in [6, 6.07) is 8.48. The molecule has 1 aromatic heterocycles. The van der Waals surface area contributed by atoms with E-state index >= 15 is 0 Å². The Labute approximate surface area is 160 Å². The van der Waals surface area contributed by atoms with Crippen molar-refractivity contribution in [2.45, 2.75) is 50.6 Å². The Balaban J connectivity index is 1.56. The van der Waals surface area contributed by atoms with E-state index in [4.69, 9.17) is 5.73 Å². The van der Waals surface area contributed by atoms with Crippen LogP contribution in [-0.4, -0.2) is 48.7 Å². The van der Waals surface area contributed by atoms with Gasteiger partial charge in [-0.15, -0.1) is 11.3 Å². The number of nitrogens with two attached hydrogens (primary N) is 1. The van der Waals surface area contributed by atoms with Gasteiger partial charge in [0.05, 0.1) is 19.1 Å². The van der Waals surface area contributed by atoms with E-state index in [1.807, 2.05) is 0 Å². The number of carbonyl (C=O) groups excluding carboxylic acids is 1. The first-order valence-corrected chi connectivity index (χ1v) is 10.9. The van der Waals surface area contributed by atoms with Crippen LogP contribution >= 0.6 is 11.3 Å². The van der Waals surface area contributed by atoms with E-state index in [1.165, 1.54) is 22.1 Å². The summed E-state index contributed by atoms with van der Waals surface area (Å²) in [4.78, 5) is 13.6. The Kier molecular flexibility index (Phi) is 5.41. The zero-order valence-electron chi connectivity index (χ0n) is 15.5. The maximum atomic E-state index is 13.6. The van der Waals surface area contributed by atoms with E-state index in [0.29, 0.717) is 16.9 Å². The number of benzene rings is 1. The number of thiophene rings is 1. The van der Waals surface area contributed by atoms with Crippen LogP contribution < -0.4 is 11.1 Å². The van der Waals surface area contributed by atoms with Crippen LogP contribution in [0.1, 0.15) is 37.7 Å². The highest BCUT2D eigenvalue weighted by atomic mass is 32.1. The monoisotopic (exact) mass is 372 g/mol. The highest BCUT2D eigenvalue weighted by Gasteiger charge is 2.47. The van der Waals surface area contributed by atoms with Crippen molar-refractivity contribution in [1.29, 1.82) is 0 Å². The van der Waals surface area contributed by atoms with Gasteiger partial charge in [0.25, 0.3) is 0 Å². The number of nitrogens with one attached hydrogen (secondary N) is 1. The quantitative estimate of drug-likeness (QED) is 0.811. The minimum Gasteiger partial charge on any atom is -0.316 e. The SMILES string of the molecule is N[C@H](Cc1csc2ccccc12)C(=O)[N+]1(C2CCNCC2)CCCCC1. The van der Waals surface area contributed by atoms with Crippen LogP contribution in [0.25, 0.3) is 10.1 Å². The lowest BCUT2D eigenvalue weighted by molar-refractivity contribution is -0.886. The molecule has 140 valence electrons. The maximum absolute atomic E-state index is 13.6. The molecule has 2 aliphatic heterocycles. The van der Waals surface area contributed by atoms with Crippen LogP contribution in [0.15, 0.2) is 29.6 Å². The lowest BCUT2D eigenvalue weighted by Gasteiger charge is -2.47. The molecule has 0 unspecified atom stereocenters. The summed E-state index contributed by atoms with van der Waals surface area (Å²) in [6.45, 7) is 4.04. The van der Waals surface area contributed by atoms with Crippen LogP contribution in [0.3, 0.4) is 0 Å². The third-order valence-corrected chi connectivity index (χ3v) is 7.39. The van der Waals surface area contributed by atoms with E-state index in [-0.39, 0.29) is 5.91 Å². The van der Waals surface area contributed by atoms with Gasteiger partial charge in [-0.2, -0.15) is 0 Å². The number of hydrogen-bond donors (Lipinski definition) is 2. The molecule has 1 atom stereocenters. The van der Waals surface area contributed by atoms with Gasteiger partial charge in [0.1, 0.15) is 6.04 Å². The van der Waals surface area contributed by atoms with E-state index in [0.717, 1.165) is 51.9 Å². The van der Waals surface area contributed by atoms with Gasteiger partial charge < -0.3 is 11.1 Å². The number of hydrogen-bond acceptors (Lipinski definition) is 4. The molecule has 2 aliphatic rings. The Morgan fingerprint density at radius 1 is 1.19 bits per heavy atom. The lowest BCUT2D eigenvalue weighted by atomic mass is 9.93. The highest BCUT2D eigenvalue weighted by molar-refractivity contribution is 7.17. The first kappa shape index (κ1) is 18.1. The third-order valence-electron chi connectivity index (χ3n) is 6.38. The second-order valence-corrected chi connectivity index (χ2v) is 8.84. The van der Waals surface area contributed by atoms with Gasteiger partial charge in [0.15, 0.2) is 0 Å². The molecular formula is C21H30N3OS+. The molecule has 3 heterocycles. The number of amides is 1. The van der Waals surface area contributed by atoms with Gasteiger partial charge in [0.2, 0.25) is 0 Å². The van der Waals surface area contributed by atoms with Crippen LogP contribution in [0.5, 0.6) is 0 Å². The summed E-state index contributed by atoms with van der Waals surface area (Å²) in [5.41, 5.74) is 7.77. The number of likely N-dealkylation sites (tertiary alicyclic amines) is 1. The third kappa shape index (κ3) is 3.33. The fourth-order valence-electron chi connectivity index (χ4n) is 4.99. The number of quaternary nitrogens is 1. The molecule has 0 bridgehead atoms. The van der Waals surface area contributed by atoms with Crippen LogP contribution in [-0.2, 0) is 11.2 Å². The van der Waals surface area contributed by atoms with E-state index in [9.17, 15) is 4.79 Å². The number of fused-ring (bicyclic) bond motifs is 1. The van der Waals surface area contributed by atoms with E-state index < -0.39 is 6.04 Å². The fourth-order valence-corrected chi connectivity index (χ4v) is 5.96. The molecule has 0 aliphatic carbocycles. The van der Waals surface area contributed by atoms with Crippen molar-refractivity contribution in [3.8, 4) is 0 Å². The average molecular weight is 373 g/mol. The molecule has 4 nitrogen and oxygen atoms in total. The predicted molar refractivity (Wildman–Crippen MR) is 108 cm³/mol. The maximum Gasteiger partial charge on any atom is 0.331 e. The van der Waals surface area contributed by atoms with E-state index in [2.05, 4.69) is 35.0 Å². The summed E-state index contributed by atoms with van der Waals surface area (Å²) < 4.78 is 1.92. The highest BCUT2D eigenvalue weighted by Crippen LogP contribution is 2.31. The first-order valence-electron chi connectivity index (χ1n) is 10.0. The molecule has 2 fully saturated rings. The van der Waals surface area contributed by atoms with Crippen LogP contribution in [0.2, 0.25) is 0 Å². The summed E-state index contributed by atoms with van der Waals surface area (Å²) in [6.07, 6.45) is 6.42. The minimum atomic E-state index is -0.402. The zero-order chi connectivity index (χ0) is 18.0. The molecule has 26 heavy (non-hydrogen) atoms. The van der Waals surface area contributed by atoms with Crippen molar-refractivity contribution in [3.05, 3.63) is 35.2 Å². The summed E-state index contributed by atoms with van der Waals surface area (Å²) in [7, 11) is 0. The average Bonchev–Trinajstić information content (AvgIpc) is 3.11. The summed E-state index contributed by atoms with van der Waals surface area (Å²) >= 11 is 1.75. The van der Waals surface area contributed by atoms with Gasteiger partial charge in [-0.25, -0.2) is 4.79 Å². The number of piperidine rings is 2. The molecule has 1 aromatic carbocycles. The Morgan fingerprint density at radius 3 is 2.69 bits per heavy atom. The standard InChI is InChI=1S/C21H30N3OS/c22-19(14-16-15-26-20-7-3-2-6-18(16)20)21(25)24(12-4-1-5-13-24)17-8-10-23-11-9-17/h2-3,6-7,15,17,19,23H,1,4-5,8-14,22H2/q+1/t19-/m1/s1. The molecule has 0 spiro atoms. The molecule has 4 rings (SSSR count). The minimum absolute atomic E-state index is 0.284. The van der Waals surface area contributed by atoms with Crippen molar-refractivity contribution in [3.63, 3.8) is 0 Å². The van der Waals surface area contributed by atoms with Gasteiger partial charge >= 0.3 is 5.91 Å². The van der Waals surface area contributed by atoms with Crippen molar-refractivity contribution in [2.75, 3.05) is 26.2 Å². The van der Waals surface area contributed by atoms with Crippen molar-refractivity contribution < 1.29 is 9.28 Å². The topological polar surface area (TPSA) is 55.1 Å². The fraction of sp³-hybridized carbons (Fsp3) is 0.571. The molecule has 2 saturated heterocycles. The molecule has 2 aromatic rings. The predicted octanol–water partition coefficient (Wildman–Crippen LogP) is 3.05. The summed E-state index contributed by atoms with van der Waals surface area (Å²) in [5, 5.41) is 6.89. The van der Waals surface area contributed by atoms with Gasteiger partial charge in [0, 0.05) is 37.1 Å². The van der Waals surface area contributed by atoms with Crippen molar-refractivity contribution >= 4 is 27.3 Å². The van der Waals surface area contributed by atoms with Gasteiger partial charge in [-0.3, -0.25) is 4.48 Å². The van der Waals surface area contributed by atoms with E-state index in [1.54, 1.807) is 11.3 Å². The number of carbonyl (C=O) groups is 1. The molecule has 0 radical (unpaired) electrons. The van der Waals surface area contributed by atoms with Crippen molar-refractivity contribution in [1.82, 2.24) is 5.32 Å². The van der Waals surface area contributed by atoms with Crippen molar-refractivity contribution in [2.24, 2.45) is 5.73 Å². The normalized spacial score (nSPS) is 22.3. The first-order chi connectivity index (χ1) is 12.7. The second kappa shape index (κ2) is 7.77. The lowest BCUT2D eigenvalue weighted by Crippen LogP contribution is -2.67. The number of nitrogens with zero attached hydrogens (tertiary/aromatic N) is 1. The molecular weight excluding hydrogens is 342 g/mol. The Hall–Kier alpha value is -1.27.